The molecule has 172 valence electrons. The van der Waals surface area contributed by atoms with Crippen LogP contribution in [0.3, 0.4) is 0 Å². The van der Waals surface area contributed by atoms with Gasteiger partial charge in [0, 0.05) is 43.7 Å². The van der Waals surface area contributed by atoms with Gasteiger partial charge in [-0.2, -0.15) is 0 Å². The number of likely N-dealkylation sites (tertiary alicyclic amines) is 1. The molecule has 1 N–H and O–H groups in total. The van der Waals surface area contributed by atoms with Crippen molar-refractivity contribution in [2.45, 2.75) is 38.2 Å². The number of methoxy groups -OCH3 is 1. The number of piperidine rings is 1. The summed E-state index contributed by atoms with van der Waals surface area (Å²) in [5.41, 5.74) is 0.905. The van der Waals surface area contributed by atoms with Crippen LogP contribution in [0.1, 0.15) is 37.8 Å². The molecule has 9 nitrogen and oxygen atoms in total. The first-order valence-electron chi connectivity index (χ1n) is 11.1. The summed E-state index contributed by atoms with van der Waals surface area (Å²) in [6, 6.07) is 9.09. The zero-order valence-corrected chi connectivity index (χ0v) is 18.8. The molecule has 1 aromatic carbocycles. The van der Waals surface area contributed by atoms with E-state index in [-0.39, 0.29) is 11.8 Å². The summed E-state index contributed by atoms with van der Waals surface area (Å²) in [5, 5.41) is 3.08. The van der Waals surface area contributed by atoms with Gasteiger partial charge in [-0.05, 0) is 37.5 Å². The van der Waals surface area contributed by atoms with Gasteiger partial charge in [-0.1, -0.05) is 13.0 Å². The highest BCUT2D eigenvalue weighted by molar-refractivity contribution is 5.81. The Morgan fingerprint density at radius 1 is 1.15 bits per heavy atom. The Morgan fingerprint density at radius 2 is 1.91 bits per heavy atom. The van der Waals surface area contributed by atoms with Crippen molar-refractivity contribution in [2.75, 3.05) is 25.5 Å². The van der Waals surface area contributed by atoms with E-state index in [1.165, 1.54) is 0 Å². The monoisotopic (exact) mass is 448 g/mol. The predicted octanol–water partition coefficient (Wildman–Crippen LogP) is 3.58. The van der Waals surface area contributed by atoms with Crippen molar-refractivity contribution in [1.82, 2.24) is 24.8 Å². The van der Waals surface area contributed by atoms with E-state index >= 15 is 0 Å². The van der Waals surface area contributed by atoms with E-state index in [9.17, 15) is 4.79 Å². The molecule has 33 heavy (non-hydrogen) atoms. The summed E-state index contributed by atoms with van der Waals surface area (Å²) in [5.74, 6) is 2.67. The van der Waals surface area contributed by atoms with E-state index < -0.39 is 6.10 Å². The number of nitrogens with zero attached hydrogens (tertiary/aromatic N) is 5. The van der Waals surface area contributed by atoms with E-state index in [0.29, 0.717) is 42.8 Å². The number of anilines is 2. The molecule has 3 heterocycles. The second-order valence-corrected chi connectivity index (χ2v) is 7.82. The van der Waals surface area contributed by atoms with Gasteiger partial charge in [0.25, 0.3) is 5.91 Å². The summed E-state index contributed by atoms with van der Waals surface area (Å²) in [6.07, 6.45) is 8.49. The molecule has 1 amide bonds. The van der Waals surface area contributed by atoms with E-state index in [4.69, 9.17) is 14.5 Å². The van der Waals surface area contributed by atoms with Gasteiger partial charge >= 0.3 is 0 Å². The SMILES string of the molecule is CC[C@H](Oc1cccc(OC)c1)C(=O)N1CCC(c2cncc(Nc3ncccn3)n2)CC1. The van der Waals surface area contributed by atoms with Crippen LogP contribution in [0.2, 0.25) is 0 Å². The van der Waals surface area contributed by atoms with Gasteiger partial charge in [-0.25, -0.2) is 15.0 Å². The fraction of sp³-hybridized carbons (Fsp3) is 0.375. The molecule has 0 spiro atoms. The molecular formula is C24H28N6O3. The van der Waals surface area contributed by atoms with Crippen molar-refractivity contribution in [3.05, 3.63) is 60.8 Å². The Kier molecular flexibility index (Phi) is 7.29. The van der Waals surface area contributed by atoms with Crippen LogP contribution in [0.4, 0.5) is 11.8 Å². The van der Waals surface area contributed by atoms with E-state index in [0.717, 1.165) is 18.5 Å². The first-order chi connectivity index (χ1) is 16.2. The lowest BCUT2D eigenvalue weighted by Crippen LogP contribution is -2.45. The van der Waals surface area contributed by atoms with Gasteiger partial charge < -0.3 is 19.7 Å². The molecule has 0 unspecified atom stereocenters. The van der Waals surface area contributed by atoms with Crippen LogP contribution in [0.15, 0.2) is 55.1 Å². The molecule has 1 fully saturated rings. The molecule has 0 aliphatic carbocycles. The predicted molar refractivity (Wildman–Crippen MR) is 124 cm³/mol. The molecule has 0 radical (unpaired) electrons. The lowest BCUT2D eigenvalue weighted by atomic mass is 9.93. The lowest BCUT2D eigenvalue weighted by Gasteiger charge is -2.33. The number of benzene rings is 1. The topological polar surface area (TPSA) is 102 Å². The summed E-state index contributed by atoms with van der Waals surface area (Å²) in [7, 11) is 1.61. The minimum absolute atomic E-state index is 0.0153. The van der Waals surface area contributed by atoms with Crippen LogP contribution in [0.5, 0.6) is 11.5 Å². The number of rotatable bonds is 8. The van der Waals surface area contributed by atoms with Gasteiger partial charge in [-0.3, -0.25) is 9.78 Å². The molecule has 1 atom stereocenters. The Labute approximate surface area is 193 Å². The molecule has 1 aliphatic heterocycles. The third-order valence-corrected chi connectivity index (χ3v) is 5.65. The van der Waals surface area contributed by atoms with Gasteiger partial charge in [-0.15, -0.1) is 0 Å². The van der Waals surface area contributed by atoms with Crippen LogP contribution in [-0.4, -0.2) is 57.0 Å². The first kappa shape index (κ1) is 22.4. The van der Waals surface area contributed by atoms with Crippen molar-refractivity contribution in [3.63, 3.8) is 0 Å². The Balaban J connectivity index is 1.35. The van der Waals surface area contributed by atoms with Crippen LogP contribution >= 0.6 is 0 Å². The van der Waals surface area contributed by atoms with E-state index in [1.54, 1.807) is 44.0 Å². The smallest absolute Gasteiger partial charge is 0.263 e. The molecule has 1 saturated heterocycles. The molecule has 0 saturated carbocycles. The van der Waals surface area contributed by atoms with Gasteiger partial charge in [0.15, 0.2) is 11.9 Å². The normalized spacial score (nSPS) is 15.0. The Hall–Kier alpha value is -3.75. The highest BCUT2D eigenvalue weighted by atomic mass is 16.5. The standard InChI is InChI=1S/C24H28N6O3/c1-3-21(33-19-7-4-6-18(14-19)32-2)23(31)30-12-8-17(9-13-30)20-15-25-16-22(28-20)29-24-26-10-5-11-27-24/h4-7,10-11,14-17,21H,3,8-9,12-13H2,1-2H3,(H,26,27,28,29)/t21-/m0/s1. The molecular weight excluding hydrogens is 420 g/mol. The molecule has 4 rings (SSSR count). The van der Waals surface area contributed by atoms with Crippen molar-refractivity contribution in [2.24, 2.45) is 0 Å². The Bertz CT molecular complexity index is 1060. The summed E-state index contributed by atoms with van der Waals surface area (Å²) in [4.78, 5) is 32.3. The van der Waals surface area contributed by atoms with Crippen LogP contribution in [0, 0.1) is 0 Å². The zero-order valence-electron chi connectivity index (χ0n) is 18.8. The number of nitrogens with one attached hydrogen (secondary N) is 1. The minimum atomic E-state index is -0.521. The van der Waals surface area contributed by atoms with Crippen molar-refractivity contribution >= 4 is 17.7 Å². The van der Waals surface area contributed by atoms with E-state index in [1.807, 2.05) is 30.0 Å². The minimum Gasteiger partial charge on any atom is -0.497 e. The summed E-state index contributed by atoms with van der Waals surface area (Å²) in [6.45, 7) is 3.27. The number of carbonyl (C=O) groups is 1. The fourth-order valence-electron chi connectivity index (χ4n) is 3.86. The fourth-order valence-corrected chi connectivity index (χ4v) is 3.86. The number of amides is 1. The van der Waals surface area contributed by atoms with Gasteiger partial charge in [0.2, 0.25) is 5.95 Å². The van der Waals surface area contributed by atoms with E-state index in [2.05, 4.69) is 20.3 Å². The first-order valence-corrected chi connectivity index (χ1v) is 11.1. The average molecular weight is 449 g/mol. The summed E-state index contributed by atoms with van der Waals surface area (Å²) < 4.78 is 11.2. The number of hydrogen-bond acceptors (Lipinski definition) is 8. The maximum atomic E-state index is 13.1. The maximum Gasteiger partial charge on any atom is 0.263 e. The molecule has 2 aromatic heterocycles. The quantitative estimate of drug-likeness (QED) is 0.558. The Morgan fingerprint density at radius 3 is 2.64 bits per heavy atom. The average Bonchev–Trinajstić information content (AvgIpc) is 2.88. The lowest BCUT2D eigenvalue weighted by molar-refractivity contribution is -0.140. The highest BCUT2D eigenvalue weighted by Gasteiger charge is 2.30. The zero-order chi connectivity index (χ0) is 23.0. The van der Waals surface area contributed by atoms with Crippen LogP contribution < -0.4 is 14.8 Å². The van der Waals surface area contributed by atoms with Gasteiger partial charge in [0.05, 0.1) is 19.0 Å². The van der Waals surface area contributed by atoms with Crippen LogP contribution in [0.25, 0.3) is 0 Å². The van der Waals surface area contributed by atoms with Crippen molar-refractivity contribution in [3.8, 4) is 11.5 Å². The van der Waals surface area contributed by atoms with Gasteiger partial charge in [0.1, 0.15) is 11.5 Å². The number of ether oxygens (including phenoxy) is 2. The number of aromatic nitrogens is 4. The third-order valence-electron chi connectivity index (χ3n) is 5.65. The summed E-state index contributed by atoms with van der Waals surface area (Å²) >= 11 is 0. The number of carbonyl (C=O) groups excluding carboxylic acids is 1. The van der Waals surface area contributed by atoms with Crippen molar-refractivity contribution in [1.29, 1.82) is 0 Å². The second-order valence-electron chi connectivity index (χ2n) is 7.82. The largest absolute Gasteiger partial charge is 0.497 e. The molecule has 3 aromatic rings. The van der Waals surface area contributed by atoms with Crippen LogP contribution in [-0.2, 0) is 4.79 Å². The maximum absolute atomic E-state index is 13.1. The molecule has 0 bridgehead atoms. The number of hydrogen-bond donors (Lipinski definition) is 1. The molecule has 1 aliphatic rings. The second kappa shape index (κ2) is 10.7. The highest BCUT2D eigenvalue weighted by Crippen LogP contribution is 2.28. The van der Waals surface area contributed by atoms with Crippen molar-refractivity contribution < 1.29 is 14.3 Å². The third kappa shape index (κ3) is 5.74. The molecule has 9 heteroatoms.